The van der Waals surface area contributed by atoms with Gasteiger partial charge in [0, 0.05) is 55.4 Å². The fraction of sp³-hybridized carbons (Fsp3) is 0.267. The van der Waals surface area contributed by atoms with E-state index >= 15 is 0 Å². The zero-order chi connectivity index (χ0) is 27.8. The van der Waals surface area contributed by atoms with Gasteiger partial charge in [0.15, 0.2) is 0 Å². The number of fused-ring (bicyclic) bond motifs is 2. The highest BCUT2D eigenvalue weighted by Crippen LogP contribution is 2.35. The number of carbonyl (C=O) groups is 1. The SMILES string of the molecule is CCCc1nc(N2CCN(C(=O)c3ccc(C)c([N+](=O)[O-])c3)CC2)c2c(-c3ccc4ccccc4c3)noc2n1. The van der Waals surface area contributed by atoms with Crippen LogP contribution in [0.4, 0.5) is 11.5 Å². The van der Waals surface area contributed by atoms with Crippen LogP contribution in [0, 0.1) is 17.0 Å². The van der Waals surface area contributed by atoms with E-state index in [1.807, 2.05) is 18.2 Å². The first-order valence-corrected chi connectivity index (χ1v) is 13.4. The quantitative estimate of drug-likeness (QED) is 0.204. The molecule has 6 rings (SSSR count). The van der Waals surface area contributed by atoms with E-state index in [2.05, 4.69) is 46.2 Å². The predicted molar refractivity (Wildman–Crippen MR) is 152 cm³/mol. The van der Waals surface area contributed by atoms with E-state index in [0.29, 0.717) is 61.0 Å². The van der Waals surface area contributed by atoms with Gasteiger partial charge in [-0.25, -0.2) is 4.98 Å². The standard InChI is InChI=1S/C30H28N6O4/c1-3-6-25-31-28(26-27(33-40-29(26)32-25)22-12-11-20-7-4-5-8-21(20)17-22)34-13-15-35(16-14-34)30(37)23-10-9-19(2)24(18-23)36(38)39/h4-5,7-12,17-18H,3,6,13-16H2,1-2H3. The number of aryl methyl sites for hydroxylation is 2. The van der Waals surface area contributed by atoms with Crippen molar-refractivity contribution < 1.29 is 14.2 Å². The molecule has 1 aliphatic rings. The van der Waals surface area contributed by atoms with Gasteiger partial charge in [-0.15, -0.1) is 0 Å². The maximum absolute atomic E-state index is 13.2. The normalized spacial score (nSPS) is 13.8. The fourth-order valence-electron chi connectivity index (χ4n) is 5.22. The maximum Gasteiger partial charge on any atom is 0.273 e. The molecule has 1 saturated heterocycles. The molecular weight excluding hydrogens is 508 g/mol. The highest BCUT2D eigenvalue weighted by Gasteiger charge is 2.28. The van der Waals surface area contributed by atoms with Crippen molar-refractivity contribution in [3.63, 3.8) is 0 Å². The Morgan fingerprint density at radius 3 is 2.52 bits per heavy atom. The monoisotopic (exact) mass is 536 g/mol. The number of rotatable bonds is 6. The van der Waals surface area contributed by atoms with Crippen LogP contribution in [0.25, 0.3) is 33.1 Å². The topological polar surface area (TPSA) is 118 Å². The zero-order valence-electron chi connectivity index (χ0n) is 22.3. The molecule has 0 spiro atoms. The lowest BCUT2D eigenvalue weighted by Gasteiger charge is -2.35. The molecule has 3 heterocycles. The Hall–Kier alpha value is -4.86. The van der Waals surface area contributed by atoms with Gasteiger partial charge in [-0.2, -0.15) is 4.98 Å². The molecule has 1 aliphatic heterocycles. The lowest BCUT2D eigenvalue weighted by molar-refractivity contribution is -0.385. The first-order valence-electron chi connectivity index (χ1n) is 13.4. The van der Waals surface area contributed by atoms with Gasteiger partial charge in [0.05, 0.1) is 4.92 Å². The first kappa shape index (κ1) is 25.4. The Morgan fingerprint density at radius 1 is 1.00 bits per heavy atom. The van der Waals surface area contributed by atoms with Crippen LogP contribution in [0.2, 0.25) is 0 Å². The van der Waals surface area contributed by atoms with Crippen molar-refractivity contribution in [2.24, 2.45) is 0 Å². The summed E-state index contributed by atoms with van der Waals surface area (Å²) in [5.41, 5.74) is 2.84. The van der Waals surface area contributed by atoms with E-state index in [0.717, 1.165) is 34.0 Å². The van der Waals surface area contributed by atoms with Crippen molar-refractivity contribution in [3.8, 4) is 11.3 Å². The molecule has 0 bridgehead atoms. The number of nitrogens with zero attached hydrogens (tertiary/aromatic N) is 6. The van der Waals surface area contributed by atoms with E-state index in [9.17, 15) is 14.9 Å². The minimum absolute atomic E-state index is 0.0509. The summed E-state index contributed by atoms with van der Waals surface area (Å²) in [5, 5.41) is 18.8. The van der Waals surface area contributed by atoms with E-state index in [1.165, 1.54) is 6.07 Å². The average Bonchev–Trinajstić information content (AvgIpc) is 3.40. The van der Waals surface area contributed by atoms with Crippen LogP contribution in [-0.4, -0.2) is 57.0 Å². The molecule has 0 unspecified atom stereocenters. The van der Waals surface area contributed by atoms with Crippen LogP contribution in [0.5, 0.6) is 0 Å². The summed E-state index contributed by atoms with van der Waals surface area (Å²) in [5.74, 6) is 1.22. The van der Waals surface area contributed by atoms with Crippen molar-refractivity contribution in [1.29, 1.82) is 0 Å². The summed E-state index contributed by atoms with van der Waals surface area (Å²) < 4.78 is 5.74. The van der Waals surface area contributed by atoms with Crippen molar-refractivity contribution >= 4 is 39.3 Å². The predicted octanol–water partition coefficient (Wildman–Crippen LogP) is 5.57. The number of hydrogen-bond donors (Lipinski definition) is 0. The molecule has 0 N–H and O–H groups in total. The summed E-state index contributed by atoms with van der Waals surface area (Å²) in [6.07, 6.45) is 1.60. The molecule has 10 nitrogen and oxygen atoms in total. The van der Waals surface area contributed by atoms with Crippen LogP contribution in [0.1, 0.15) is 35.1 Å². The molecule has 0 radical (unpaired) electrons. The number of benzene rings is 3. The van der Waals surface area contributed by atoms with Gasteiger partial charge in [0.25, 0.3) is 17.3 Å². The number of nitro groups is 1. The Kier molecular flexibility index (Phi) is 6.59. The lowest BCUT2D eigenvalue weighted by Crippen LogP contribution is -2.49. The first-order chi connectivity index (χ1) is 19.4. The lowest BCUT2D eigenvalue weighted by atomic mass is 10.0. The van der Waals surface area contributed by atoms with Crippen molar-refractivity contribution in [3.05, 3.63) is 87.7 Å². The number of piperazine rings is 1. The minimum atomic E-state index is -0.454. The highest BCUT2D eigenvalue weighted by molar-refractivity contribution is 6.00. The van der Waals surface area contributed by atoms with E-state index in [-0.39, 0.29) is 11.6 Å². The third-order valence-electron chi connectivity index (χ3n) is 7.38. The Labute approximate surface area is 230 Å². The van der Waals surface area contributed by atoms with E-state index in [1.54, 1.807) is 24.0 Å². The molecule has 0 saturated carbocycles. The highest BCUT2D eigenvalue weighted by atomic mass is 16.6. The third kappa shape index (κ3) is 4.61. The second-order valence-corrected chi connectivity index (χ2v) is 10.0. The van der Waals surface area contributed by atoms with Crippen LogP contribution < -0.4 is 4.90 Å². The van der Waals surface area contributed by atoms with Crippen LogP contribution in [-0.2, 0) is 6.42 Å². The molecule has 202 valence electrons. The average molecular weight is 537 g/mol. The van der Waals surface area contributed by atoms with Gasteiger partial charge in [-0.1, -0.05) is 54.5 Å². The molecule has 0 atom stereocenters. The van der Waals surface area contributed by atoms with E-state index < -0.39 is 4.92 Å². The zero-order valence-corrected chi connectivity index (χ0v) is 22.3. The summed E-state index contributed by atoms with van der Waals surface area (Å²) in [6, 6.07) is 19.0. The minimum Gasteiger partial charge on any atom is -0.352 e. The van der Waals surface area contributed by atoms with Crippen molar-refractivity contribution in [2.45, 2.75) is 26.7 Å². The number of aromatic nitrogens is 3. The van der Waals surface area contributed by atoms with Crippen LogP contribution in [0.15, 0.2) is 65.2 Å². The number of carbonyl (C=O) groups excluding carboxylic acids is 1. The number of anilines is 1. The molecule has 0 aliphatic carbocycles. The van der Waals surface area contributed by atoms with Crippen LogP contribution in [0.3, 0.4) is 0 Å². The largest absolute Gasteiger partial charge is 0.352 e. The smallest absolute Gasteiger partial charge is 0.273 e. The fourth-order valence-corrected chi connectivity index (χ4v) is 5.22. The Bertz CT molecular complexity index is 1760. The second-order valence-electron chi connectivity index (χ2n) is 10.0. The van der Waals surface area contributed by atoms with Crippen molar-refractivity contribution in [2.75, 3.05) is 31.1 Å². The number of hydrogen-bond acceptors (Lipinski definition) is 8. The van der Waals surface area contributed by atoms with Gasteiger partial charge in [0.2, 0.25) is 0 Å². The molecular formula is C30H28N6O4. The van der Waals surface area contributed by atoms with Gasteiger partial charge >= 0.3 is 0 Å². The Morgan fingerprint density at radius 2 is 1.77 bits per heavy atom. The van der Waals surface area contributed by atoms with Gasteiger partial charge in [-0.3, -0.25) is 14.9 Å². The molecule has 5 aromatic rings. The Balaban J connectivity index is 1.32. The molecule has 40 heavy (non-hydrogen) atoms. The molecule has 2 aromatic heterocycles. The number of nitro benzene ring substituents is 1. The van der Waals surface area contributed by atoms with Crippen LogP contribution >= 0.6 is 0 Å². The molecule has 1 fully saturated rings. The summed E-state index contributed by atoms with van der Waals surface area (Å²) in [6.45, 7) is 5.72. The summed E-state index contributed by atoms with van der Waals surface area (Å²) in [4.78, 5) is 37.6. The van der Waals surface area contributed by atoms with Gasteiger partial charge in [-0.05, 0) is 36.2 Å². The van der Waals surface area contributed by atoms with E-state index in [4.69, 9.17) is 9.51 Å². The number of amides is 1. The van der Waals surface area contributed by atoms with Gasteiger partial charge in [0.1, 0.15) is 22.7 Å². The summed E-state index contributed by atoms with van der Waals surface area (Å²) in [7, 11) is 0. The maximum atomic E-state index is 13.2. The summed E-state index contributed by atoms with van der Waals surface area (Å²) >= 11 is 0. The second kappa shape index (κ2) is 10.4. The van der Waals surface area contributed by atoms with Crippen molar-refractivity contribution in [1.82, 2.24) is 20.0 Å². The third-order valence-corrected chi connectivity index (χ3v) is 7.38. The molecule has 3 aromatic carbocycles. The molecule has 1 amide bonds. The van der Waals surface area contributed by atoms with Gasteiger partial charge < -0.3 is 14.3 Å². The molecule has 10 heteroatoms.